The number of piperazine rings is 1. The molecule has 0 aromatic carbocycles. The number of piperidine rings is 1. The van der Waals surface area contributed by atoms with Gasteiger partial charge in [0, 0.05) is 38.4 Å². The average molecular weight is 463 g/mol. The monoisotopic (exact) mass is 462 g/mol. The van der Waals surface area contributed by atoms with Crippen molar-refractivity contribution >= 4 is 5.84 Å². The second-order valence-electron chi connectivity index (χ2n) is 11.0. The number of amidine groups is 1. The van der Waals surface area contributed by atoms with Gasteiger partial charge in [0.25, 0.3) is 0 Å². The van der Waals surface area contributed by atoms with Crippen LogP contribution in [0.15, 0.2) is 47.4 Å². The molecule has 3 atom stereocenters. The van der Waals surface area contributed by atoms with Gasteiger partial charge in [0.15, 0.2) is 0 Å². The van der Waals surface area contributed by atoms with E-state index in [9.17, 15) is 0 Å². The lowest BCUT2D eigenvalue weighted by atomic mass is 9.81. The highest BCUT2D eigenvalue weighted by Crippen LogP contribution is 2.42. The van der Waals surface area contributed by atoms with E-state index >= 15 is 0 Å². The third kappa shape index (κ3) is 4.20. The summed E-state index contributed by atoms with van der Waals surface area (Å²) in [5.41, 5.74) is 2.53. The number of hydrogen-bond donors (Lipinski definition) is 0. The lowest BCUT2D eigenvalue weighted by molar-refractivity contribution is 0.0586. The summed E-state index contributed by atoms with van der Waals surface area (Å²) in [7, 11) is 2.31. The third-order valence-electron chi connectivity index (χ3n) is 8.50. The van der Waals surface area contributed by atoms with Gasteiger partial charge in [-0.15, -0.1) is 0 Å². The van der Waals surface area contributed by atoms with E-state index in [0.717, 1.165) is 45.1 Å². The number of pyridine rings is 1. The summed E-state index contributed by atoms with van der Waals surface area (Å²) in [6, 6.07) is 5.11. The molecule has 6 nitrogen and oxygen atoms in total. The molecule has 1 unspecified atom stereocenters. The average Bonchev–Trinajstić information content (AvgIpc) is 3.21. The lowest BCUT2D eigenvalue weighted by Gasteiger charge is -2.46. The molecule has 5 heterocycles. The number of nitrogens with zero attached hydrogens (tertiary/aromatic N) is 6. The van der Waals surface area contributed by atoms with Crippen LogP contribution >= 0.6 is 0 Å². The van der Waals surface area contributed by atoms with Gasteiger partial charge in [0.05, 0.1) is 23.8 Å². The molecule has 4 aliphatic rings. The van der Waals surface area contributed by atoms with Crippen LogP contribution in [0, 0.1) is 0 Å². The fourth-order valence-electron chi connectivity index (χ4n) is 6.55. The van der Waals surface area contributed by atoms with Crippen LogP contribution in [0.1, 0.15) is 70.2 Å². The molecule has 1 aromatic rings. The molecule has 0 amide bonds. The minimum atomic E-state index is -0.130. The highest BCUT2D eigenvalue weighted by atomic mass is 15.4. The first-order chi connectivity index (χ1) is 16.4. The smallest absolute Gasteiger partial charge is 0.129 e. The van der Waals surface area contributed by atoms with E-state index in [0.29, 0.717) is 18.0 Å². The van der Waals surface area contributed by atoms with Gasteiger partial charge in [-0.05, 0) is 69.5 Å². The van der Waals surface area contributed by atoms with Gasteiger partial charge in [-0.25, -0.2) is 0 Å². The quantitative estimate of drug-likeness (QED) is 0.654. The molecule has 2 fully saturated rings. The van der Waals surface area contributed by atoms with Crippen LogP contribution in [-0.4, -0.2) is 88.3 Å². The molecule has 0 aliphatic carbocycles. The lowest BCUT2D eigenvalue weighted by Crippen LogP contribution is -2.55. The highest BCUT2D eigenvalue weighted by Gasteiger charge is 2.47. The number of fused-ring (bicyclic) bond motifs is 1. The second kappa shape index (κ2) is 9.46. The van der Waals surface area contributed by atoms with Crippen LogP contribution in [-0.2, 0) is 0 Å². The van der Waals surface area contributed by atoms with Crippen molar-refractivity contribution in [2.75, 3.05) is 46.3 Å². The number of aromatic nitrogens is 1. The van der Waals surface area contributed by atoms with Gasteiger partial charge in [-0.2, -0.15) is 0 Å². The number of likely N-dealkylation sites (tertiary alicyclic amines) is 1. The number of aliphatic imine (C=N–C) groups is 1. The highest BCUT2D eigenvalue weighted by molar-refractivity contribution is 5.97. The minimum absolute atomic E-state index is 0.130. The summed E-state index contributed by atoms with van der Waals surface area (Å²) in [4.78, 5) is 20.5. The van der Waals surface area contributed by atoms with E-state index in [1.54, 1.807) is 0 Å². The van der Waals surface area contributed by atoms with Crippen molar-refractivity contribution in [3.8, 4) is 0 Å². The standard InChI is InChI=1S/C28H42N6/c1-6-32-16-18-33(19-17-32)26-14-8-13-25-30-28(4,20-34(25)26)24-12-7-11-23(31(24)5)27-22(21(2)3)10-9-15-29-27/h8-10,13-15,21,23-24H,6-7,11-12,16-20H2,1-5H3/t23-,24+,28?/m0/s1. The van der Waals surface area contributed by atoms with E-state index < -0.39 is 0 Å². The maximum absolute atomic E-state index is 5.39. The molecule has 0 radical (unpaired) electrons. The Balaban J connectivity index is 1.36. The first kappa shape index (κ1) is 23.6. The van der Waals surface area contributed by atoms with Gasteiger partial charge < -0.3 is 14.7 Å². The molecule has 0 saturated carbocycles. The van der Waals surface area contributed by atoms with E-state index in [1.807, 2.05) is 6.20 Å². The van der Waals surface area contributed by atoms with E-state index in [-0.39, 0.29) is 5.54 Å². The van der Waals surface area contributed by atoms with Gasteiger partial charge >= 0.3 is 0 Å². The summed E-state index contributed by atoms with van der Waals surface area (Å²) < 4.78 is 0. The molecule has 0 bridgehead atoms. The topological polar surface area (TPSA) is 38.2 Å². The van der Waals surface area contributed by atoms with E-state index in [4.69, 9.17) is 9.98 Å². The maximum atomic E-state index is 5.39. The number of hydrogen-bond acceptors (Lipinski definition) is 6. The molecule has 5 rings (SSSR count). The van der Waals surface area contributed by atoms with E-state index in [1.165, 1.54) is 36.3 Å². The molecule has 34 heavy (non-hydrogen) atoms. The predicted octanol–water partition coefficient (Wildman–Crippen LogP) is 4.25. The molecule has 0 spiro atoms. The number of likely N-dealkylation sites (N-methyl/N-ethyl adjacent to an activating group) is 2. The summed E-state index contributed by atoms with van der Waals surface area (Å²) in [5, 5.41) is 0. The zero-order valence-corrected chi connectivity index (χ0v) is 21.7. The fraction of sp³-hybridized carbons (Fsp3) is 0.643. The second-order valence-corrected chi connectivity index (χ2v) is 11.0. The first-order valence-corrected chi connectivity index (χ1v) is 13.3. The van der Waals surface area contributed by atoms with Crippen LogP contribution in [0.25, 0.3) is 0 Å². The van der Waals surface area contributed by atoms with Crippen molar-refractivity contribution in [1.82, 2.24) is 24.6 Å². The SMILES string of the molecule is CCN1CCN(C2=CC=CC3=NC(C)([C@H]4CCC[C@@H](c5ncccc5C(C)C)N4C)CN23)CC1. The zero-order chi connectivity index (χ0) is 23.9. The van der Waals surface area contributed by atoms with Gasteiger partial charge in [0.1, 0.15) is 11.7 Å². The normalized spacial score (nSPS) is 30.5. The summed E-state index contributed by atoms with van der Waals surface area (Å²) >= 11 is 0. The summed E-state index contributed by atoms with van der Waals surface area (Å²) in [5.74, 6) is 2.96. The van der Waals surface area contributed by atoms with Crippen molar-refractivity contribution in [2.24, 2.45) is 4.99 Å². The fourth-order valence-corrected chi connectivity index (χ4v) is 6.55. The number of allylic oxidation sites excluding steroid dienone is 2. The Morgan fingerprint density at radius 2 is 1.94 bits per heavy atom. The van der Waals surface area contributed by atoms with Crippen LogP contribution < -0.4 is 0 Å². The molecule has 0 N–H and O–H groups in total. The Labute approximate surface area is 206 Å². The largest absolute Gasteiger partial charge is 0.355 e. The Morgan fingerprint density at radius 3 is 2.68 bits per heavy atom. The zero-order valence-electron chi connectivity index (χ0n) is 21.7. The molecule has 4 aliphatic heterocycles. The van der Waals surface area contributed by atoms with Crippen LogP contribution in [0.3, 0.4) is 0 Å². The minimum Gasteiger partial charge on any atom is -0.355 e. The molecular formula is C28H42N6. The Hall–Kier alpha value is -2.18. The molecule has 1 aromatic heterocycles. The first-order valence-electron chi connectivity index (χ1n) is 13.3. The van der Waals surface area contributed by atoms with Crippen molar-refractivity contribution in [3.63, 3.8) is 0 Å². The number of rotatable bonds is 5. The van der Waals surface area contributed by atoms with Gasteiger partial charge in [-0.1, -0.05) is 32.9 Å². The summed E-state index contributed by atoms with van der Waals surface area (Å²) in [6.45, 7) is 15.8. The van der Waals surface area contributed by atoms with Gasteiger partial charge in [-0.3, -0.25) is 14.9 Å². The molecule has 2 saturated heterocycles. The molecule has 6 heteroatoms. The Bertz CT molecular complexity index is 973. The third-order valence-corrected chi connectivity index (χ3v) is 8.50. The van der Waals surface area contributed by atoms with E-state index in [2.05, 4.69) is 84.7 Å². The molecular weight excluding hydrogens is 420 g/mol. The van der Waals surface area contributed by atoms with Crippen molar-refractivity contribution in [1.29, 1.82) is 0 Å². The maximum Gasteiger partial charge on any atom is 0.129 e. The van der Waals surface area contributed by atoms with Crippen molar-refractivity contribution in [3.05, 3.63) is 53.6 Å². The Morgan fingerprint density at radius 1 is 1.15 bits per heavy atom. The Kier molecular flexibility index (Phi) is 6.56. The predicted molar refractivity (Wildman–Crippen MR) is 140 cm³/mol. The van der Waals surface area contributed by atoms with Crippen molar-refractivity contribution < 1.29 is 0 Å². The van der Waals surface area contributed by atoms with Crippen LogP contribution in [0.2, 0.25) is 0 Å². The summed E-state index contributed by atoms with van der Waals surface area (Å²) in [6.07, 6.45) is 12.2. The van der Waals surface area contributed by atoms with Gasteiger partial charge in [0.2, 0.25) is 0 Å². The molecule has 184 valence electrons. The van der Waals surface area contributed by atoms with Crippen LogP contribution in [0.5, 0.6) is 0 Å². The van der Waals surface area contributed by atoms with Crippen molar-refractivity contribution in [2.45, 2.75) is 70.5 Å². The van der Waals surface area contributed by atoms with Crippen LogP contribution in [0.4, 0.5) is 0 Å².